The molecule has 0 radical (unpaired) electrons. The van der Waals surface area contributed by atoms with Crippen molar-refractivity contribution in [1.29, 1.82) is 0 Å². The van der Waals surface area contributed by atoms with Gasteiger partial charge in [-0.2, -0.15) is 0 Å². The number of nitrogens with zero attached hydrogens (tertiary/aromatic N) is 1. The predicted molar refractivity (Wildman–Crippen MR) is 77.6 cm³/mol. The van der Waals surface area contributed by atoms with Crippen LogP contribution in [0.15, 0.2) is 42.6 Å². The van der Waals surface area contributed by atoms with E-state index in [0.717, 1.165) is 22.2 Å². The number of esters is 1. The predicted octanol–water partition coefficient (Wildman–Crippen LogP) is 3.32. The zero-order valence-corrected chi connectivity index (χ0v) is 11.3. The molecule has 2 aromatic heterocycles. The lowest BCUT2D eigenvalue weighted by Gasteiger charge is -2.03. The Bertz CT molecular complexity index is 790. The quantitative estimate of drug-likeness (QED) is 0.724. The number of hydrogen-bond acceptors (Lipinski definition) is 3. The Morgan fingerprint density at radius 2 is 2.10 bits per heavy atom. The molecular weight excluding hydrogens is 252 g/mol. The molecule has 0 aliphatic heterocycles. The molecule has 4 heteroatoms. The van der Waals surface area contributed by atoms with Crippen molar-refractivity contribution >= 4 is 16.9 Å². The summed E-state index contributed by atoms with van der Waals surface area (Å²) in [6, 6.07) is 11.8. The molecule has 0 amide bonds. The number of pyridine rings is 1. The molecule has 20 heavy (non-hydrogen) atoms. The van der Waals surface area contributed by atoms with E-state index in [4.69, 9.17) is 4.74 Å². The van der Waals surface area contributed by atoms with Gasteiger partial charge in [0.25, 0.3) is 0 Å². The van der Waals surface area contributed by atoms with Crippen LogP contribution in [0.1, 0.15) is 16.1 Å². The van der Waals surface area contributed by atoms with Crippen LogP contribution in [-0.2, 0) is 4.74 Å². The molecule has 1 N–H and O–H groups in total. The first-order valence-corrected chi connectivity index (χ1v) is 6.32. The topological polar surface area (TPSA) is 55.0 Å². The number of carbonyl (C=O) groups is 1. The number of nitrogens with one attached hydrogen (secondary N) is 1. The van der Waals surface area contributed by atoms with Gasteiger partial charge in [-0.3, -0.25) is 4.98 Å². The molecule has 0 saturated carbocycles. The molecule has 0 spiro atoms. The Morgan fingerprint density at radius 3 is 2.85 bits per heavy atom. The number of aromatic amines is 1. The van der Waals surface area contributed by atoms with E-state index in [9.17, 15) is 4.79 Å². The van der Waals surface area contributed by atoms with Crippen LogP contribution < -0.4 is 0 Å². The second-order valence-electron chi connectivity index (χ2n) is 4.66. The number of methoxy groups -OCH3 is 1. The smallest absolute Gasteiger partial charge is 0.354 e. The first-order chi connectivity index (χ1) is 9.69. The van der Waals surface area contributed by atoms with Crippen LogP contribution in [0, 0.1) is 6.92 Å². The van der Waals surface area contributed by atoms with E-state index < -0.39 is 0 Å². The number of ether oxygens (including phenoxy) is 1. The highest BCUT2D eigenvalue weighted by Crippen LogP contribution is 2.27. The Balaban J connectivity index is 2.21. The van der Waals surface area contributed by atoms with E-state index in [0.29, 0.717) is 5.69 Å². The number of aromatic nitrogens is 2. The number of hydrogen-bond donors (Lipinski definition) is 1. The summed E-state index contributed by atoms with van der Waals surface area (Å²) in [5.74, 6) is -0.378. The first-order valence-electron chi connectivity index (χ1n) is 6.32. The maximum Gasteiger partial charge on any atom is 0.354 e. The number of H-pyrrole nitrogens is 1. The molecule has 3 aromatic rings. The van der Waals surface area contributed by atoms with Crippen LogP contribution in [0.3, 0.4) is 0 Å². The Hall–Kier alpha value is -2.62. The minimum atomic E-state index is -0.378. The standard InChI is InChI=1S/C16H14N2O2/c1-10-4-3-5-11(8-10)15-12-9-14(16(19)20-2)18-13(12)6-7-17-15/h3-9,18H,1-2H3. The van der Waals surface area contributed by atoms with E-state index in [1.807, 2.05) is 31.2 Å². The lowest BCUT2D eigenvalue weighted by atomic mass is 10.1. The van der Waals surface area contributed by atoms with Crippen LogP contribution in [0.5, 0.6) is 0 Å². The number of carbonyl (C=O) groups excluding carboxylic acids is 1. The third-order valence-electron chi connectivity index (χ3n) is 3.24. The number of rotatable bonds is 2. The average Bonchev–Trinajstić information content (AvgIpc) is 2.90. The van der Waals surface area contributed by atoms with Gasteiger partial charge >= 0.3 is 5.97 Å². The van der Waals surface area contributed by atoms with E-state index >= 15 is 0 Å². The molecule has 1 aromatic carbocycles. The van der Waals surface area contributed by atoms with Crippen molar-refractivity contribution < 1.29 is 9.53 Å². The molecule has 2 heterocycles. The highest BCUT2D eigenvalue weighted by molar-refractivity contribution is 5.99. The lowest BCUT2D eigenvalue weighted by molar-refractivity contribution is 0.0595. The molecule has 0 fully saturated rings. The van der Waals surface area contributed by atoms with Crippen molar-refractivity contribution in [2.24, 2.45) is 0 Å². The van der Waals surface area contributed by atoms with Crippen molar-refractivity contribution in [3.63, 3.8) is 0 Å². The normalized spacial score (nSPS) is 10.7. The van der Waals surface area contributed by atoms with Crippen LogP contribution in [0.4, 0.5) is 0 Å². The van der Waals surface area contributed by atoms with Gasteiger partial charge in [0, 0.05) is 22.7 Å². The van der Waals surface area contributed by atoms with Gasteiger partial charge in [0.1, 0.15) is 5.69 Å². The van der Waals surface area contributed by atoms with Gasteiger partial charge in [-0.05, 0) is 25.1 Å². The summed E-state index contributed by atoms with van der Waals surface area (Å²) in [7, 11) is 1.37. The fourth-order valence-corrected chi connectivity index (χ4v) is 2.30. The highest BCUT2D eigenvalue weighted by atomic mass is 16.5. The molecule has 0 atom stereocenters. The Kier molecular flexibility index (Phi) is 2.99. The van der Waals surface area contributed by atoms with Gasteiger partial charge in [-0.25, -0.2) is 4.79 Å². The van der Waals surface area contributed by atoms with Gasteiger partial charge < -0.3 is 9.72 Å². The van der Waals surface area contributed by atoms with E-state index in [1.54, 1.807) is 12.3 Å². The van der Waals surface area contributed by atoms with E-state index in [2.05, 4.69) is 16.0 Å². The minimum Gasteiger partial charge on any atom is -0.464 e. The van der Waals surface area contributed by atoms with Crippen molar-refractivity contribution in [2.75, 3.05) is 7.11 Å². The SMILES string of the molecule is COC(=O)c1cc2c(-c3cccc(C)c3)nccc2[nH]1. The summed E-state index contributed by atoms with van der Waals surface area (Å²) < 4.78 is 4.74. The molecule has 100 valence electrons. The summed E-state index contributed by atoms with van der Waals surface area (Å²) in [4.78, 5) is 19.1. The van der Waals surface area contributed by atoms with Crippen LogP contribution in [-0.4, -0.2) is 23.0 Å². The monoisotopic (exact) mass is 266 g/mol. The fourth-order valence-electron chi connectivity index (χ4n) is 2.30. The van der Waals surface area contributed by atoms with Gasteiger partial charge in [-0.1, -0.05) is 23.8 Å². The summed E-state index contributed by atoms with van der Waals surface area (Å²) in [6.45, 7) is 2.04. The summed E-state index contributed by atoms with van der Waals surface area (Å²) in [6.07, 6.45) is 1.73. The lowest BCUT2D eigenvalue weighted by Crippen LogP contribution is -2.00. The Labute approximate surface area is 116 Å². The van der Waals surface area contributed by atoms with Crippen LogP contribution >= 0.6 is 0 Å². The van der Waals surface area contributed by atoms with Crippen LogP contribution in [0.2, 0.25) is 0 Å². The molecule has 0 bridgehead atoms. The minimum absolute atomic E-state index is 0.378. The number of fused-ring (bicyclic) bond motifs is 1. The van der Waals surface area contributed by atoms with Gasteiger partial charge in [0.2, 0.25) is 0 Å². The molecule has 0 aliphatic rings. The summed E-state index contributed by atoms with van der Waals surface area (Å²) in [5.41, 5.74) is 4.37. The molecule has 4 nitrogen and oxygen atoms in total. The van der Waals surface area contributed by atoms with Gasteiger partial charge in [-0.15, -0.1) is 0 Å². The third kappa shape index (κ3) is 2.05. The van der Waals surface area contributed by atoms with Crippen LogP contribution in [0.25, 0.3) is 22.2 Å². The molecule has 0 aliphatic carbocycles. The zero-order chi connectivity index (χ0) is 14.1. The number of benzene rings is 1. The number of aryl methyl sites for hydroxylation is 1. The van der Waals surface area contributed by atoms with Crippen molar-refractivity contribution in [1.82, 2.24) is 9.97 Å². The summed E-state index contributed by atoms with van der Waals surface area (Å²) >= 11 is 0. The highest BCUT2D eigenvalue weighted by Gasteiger charge is 2.13. The van der Waals surface area contributed by atoms with E-state index in [-0.39, 0.29) is 5.97 Å². The van der Waals surface area contributed by atoms with E-state index in [1.165, 1.54) is 12.7 Å². The summed E-state index contributed by atoms with van der Waals surface area (Å²) in [5, 5.41) is 0.915. The molecular formula is C16H14N2O2. The average molecular weight is 266 g/mol. The first kappa shape index (κ1) is 12.4. The second-order valence-corrected chi connectivity index (χ2v) is 4.66. The van der Waals surface area contributed by atoms with Crippen molar-refractivity contribution in [2.45, 2.75) is 6.92 Å². The van der Waals surface area contributed by atoms with Crippen molar-refractivity contribution in [3.8, 4) is 11.3 Å². The van der Waals surface area contributed by atoms with Gasteiger partial charge in [0.05, 0.1) is 12.8 Å². The molecule has 0 unspecified atom stereocenters. The molecule has 0 saturated heterocycles. The fraction of sp³-hybridized carbons (Fsp3) is 0.125. The maximum atomic E-state index is 11.6. The van der Waals surface area contributed by atoms with Gasteiger partial charge in [0.15, 0.2) is 0 Å². The largest absolute Gasteiger partial charge is 0.464 e. The Morgan fingerprint density at radius 1 is 1.25 bits per heavy atom. The third-order valence-corrected chi connectivity index (χ3v) is 3.24. The zero-order valence-electron chi connectivity index (χ0n) is 11.3. The molecule has 3 rings (SSSR count). The second kappa shape index (κ2) is 4.81. The maximum absolute atomic E-state index is 11.6. The van der Waals surface area contributed by atoms with Crippen molar-refractivity contribution in [3.05, 3.63) is 53.9 Å².